The number of amides is 2. The highest BCUT2D eigenvalue weighted by molar-refractivity contribution is 5.97. The Labute approximate surface area is 164 Å². The van der Waals surface area contributed by atoms with Gasteiger partial charge in [0.25, 0.3) is 5.91 Å². The SMILES string of the molecule is CCc1onc(C)c1C(=O)NC1(C#Cc2cncc(C(N)=O)c2)CCCCC1. The fourth-order valence-corrected chi connectivity index (χ4v) is 3.50. The minimum Gasteiger partial charge on any atom is -0.366 e. The van der Waals surface area contributed by atoms with Gasteiger partial charge >= 0.3 is 0 Å². The number of carbonyl (C=O) groups excluding carboxylic acids is 2. The molecule has 0 bridgehead atoms. The molecule has 1 aliphatic carbocycles. The van der Waals surface area contributed by atoms with E-state index in [0.29, 0.717) is 34.6 Å². The summed E-state index contributed by atoms with van der Waals surface area (Å²) in [5.41, 5.74) is 6.64. The second kappa shape index (κ2) is 8.26. The first-order chi connectivity index (χ1) is 13.4. The third-order valence-corrected chi connectivity index (χ3v) is 5.01. The van der Waals surface area contributed by atoms with Crippen LogP contribution in [0.4, 0.5) is 0 Å². The van der Waals surface area contributed by atoms with Crippen LogP contribution in [0, 0.1) is 18.8 Å². The molecule has 0 spiro atoms. The van der Waals surface area contributed by atoms with Gasteiger partial charge in [0.05, 0.1) is 11.3 Å². The number of nitrogens with two attached hydrogens (primary N) is 1. The lowest BCUT2D eigenvalue weighted by atomic mass is 9.81. The summed E-state index contributed by atoms with van der Waals surface area (Å²) in [6.07, 6.45) is 8.19. The highest BCUT2D eigenvalue weighted by Crippen LogP contribution is 2.29. The molecule has 2 aromatic heterocycles. The Morgan fingerprint density at radius 2 is 2.04 bits per heavy atom. The van der Waals surface area contributed by atoms with E-state index in [1.54, 1.807) is 19.2 Å². The van der Waals surface area contributed by atoms with Gasteiger partial charge in [-0.25, -0.2) is 0 Å². The molecule has 1 fully saturated rings. The van der Waals surface area contributed by atoms with Crippen molar-refractivity contribution < 1.29 is 14.1 Å². The number of aryl methyl sites for hydroxylation is 2. The first-order valence-corrected chi connectivity index (χ1v) is 9.50. The van der Waals surface area contributed by atoms with Crippen molar-refractivity contribution in [2.24, 2.45) is 5.73 Å². The van der Waals surface area contributed by atoms with Crippen molar-refractivity contribution in [1.82, 2.24) is 15.5 Å². The minimum absolute atomic E-state index is 0.212. The molecule has 2 amide bonds. The fourth-order valence-electron chi connectivity index (χ4n) is 3.50. The maximum atomic E-state index is 13.0. The van der Waals surface area contributed by atoms with Gasteiger partial charge < -0.3 is 15.6 Å². The second-order valence-corrected chi connectivity index (χ2v) is 7.09. The molecule has 0 unspecified atom stereocenters. The smallest absolute Gasteiger partial charge is 0.257 e. The van der Waals surface area contributed by atoms with E-state index in [1.807, 2.05) is 6.92 Å². The number of primary amides is 1. The van der Waals surface area contributed by atoms with Crippen LogP contribution in [0.25, 0.3) is 0 Å². The van der Waals surface area contributed by atoms with Crippen molar-refractivity contribution >= 4 is 11.8 Å². The first kappa shape index (κ1) is 19.6. The van der Waals surface area contributed by atoms with Gasteiger partial charge in [0.1, 0.15) is 16.9 Å². The van der Waals surface area contributed by atoms with Gasteiger partial charge in [-0.3, -0.25) is 14.6 Å². The number of rotatable bonds is 4. The summed E-state index contributed by atoms with van der Waals surface area (Å²) in [6.45, 7) is 3.68. The van der Waals surface area contributed by atoms with Gasteiger partial charge in [-0.05, 0) is 25.8 Å². The Morgan fingerprint density at radius 3 is 2.71 bits per heavy atom. The number of nitrogens with one attached hydrogen (secondary N) is 1. The average molecular weight is 380 g/mol. The number of aromatic nitrogens is 2. The van der Waals surface area contributed by atoms with Crippen molar-refractivity contribution in [3.05, 3.63) is 46.6 Å². The van der Waals surface area contributed by atoms with Crippen LogP contribution in [0.1, 0.15) is 76.8 Å². The standard InChI is InChI=1S/C21H24N4O3/c1-3-17-18(14(2)25-28-17)20(27)24-21(8-5-4-6-9-21)10-7-15-11-16(19(22)26)13-23-12-15/h11-13H,3-6,8-9H2,1-2H3,(H2,22,26)(H,24,27). The van der Waals surface area contributed by atoms with Gasteiger partial charge in [0.15, 0.2) is 0 Å². The summed E-state index contributed by atoms with van der Waals surface area (Å²) in [5.74, 6) is 6.13. The molecule has 0 aliphatic heterocycles. The Bertz CT molecular complexity index is 946. The molecule has 3 N–H and O–H groups in total. The van der Waals surface area contributed by atoms with Crippen molar-refractivity contribution in [2.45, 2.75) is 57.9 Å². The van der Waals surface area contributed by atoms with Crippen molar-refractivity contribution in [3.63, 3.8) is 0 Å². The Hall–Kier alpha value is -3.14. The topological polar surface area (TPSA) is 111 Å². The summed E-state index contributed by atoms with van der Waals surface area (Å²) in [6, 6.07) is 1.61. The van der Waals surface area contributed by atoms with E-state index in [1.165, 1.54) is 6.20 Å². The molecular weight excluding hydrogens is 356 g/mol. The van der Waals surface area contributed by atoms with E-state index in [9.17, 15) is 9.59 Å². The van der Waals surface area contributed by atoms with Crippen LogP contribution in [0.5, 0.6) is 0 Å². The third kappa shape index (κ3) is 4.22. The van der Waals surface area contributed by atoms with Crippen molar-refractivity contribution in [3.8, 4) is 11.8 Å². The summed E-state index contributed by atoms with van der Waals surface area (Å²) in [5, 5.41) is 7.05. The van der Waals surface area contributed by atoms with Crippen molar-refractivity contribution in [1.29, 1.82) is 0 Å². The second-order valence-electron chi connectivity index (χ2n) is 7.09. The highest BCUT2D eigenvalue weighted by atomic mass is 16.5. The number of hydrogen-bond acceptors (Lipinski definition) is 5. The van der Waals surface area contributed by atoms with Crippen molar-refractivity contribution in [2.75, 3.05) is 0 Å². The van der Waals surface area contributed by atoms with Crippen LogP contribution in [0.2, 0.25) is 0 Å². The van der Waals surface area contributed by atoms with Gasteiger partial charge in [0.2, 0.25) is 5.91 Å². The molecule has 1 aliphatic rings. The molecule has 7 nitrogen and oxygen atoms in total. The van der Waals surface area contributed by atoms with E-state index < -0.39 is 11.4 Å². The van der Waals surface area contributed by atoms with Gasteiger partial charge in [-0.2, -0.15) is 0 Å². The zero-order valence-corrected chi connectivity index (χ0v) is 16.2. The average Bonchev–Trinajstić information content (AvgIpc) is 3.08. The molecule has 3 rings (SSSR count). The lowest BCUT2D eigenvalue weighted by Gasteiger charge is -2.33. The van der Waals surface area contributed by atoms with E-state index in [4.69, 9.17) is 10.3 Å². The maximum Gasteiger partial charge on any atom is 0.257 e. The summed E-state index contributed by atoms with van der Waals surface area (Å²) < 4.78 is 5.25. The Morgan fingerprint density at radius 1 is 1.29 bits per heavy atom. The molecule has 146 valence electrons. The summed E-state index contributed by atoms with van der Waals surface area (Å²) >= 11 is 0. The monoisotopic (exact) mass is 380 g/mol. The van der Waals surface area contributed by atoms with E-state index in [0.717, 1.165) is 32.1 Å². The molecule has 1 saturated carbocycles. The van der Waals surface area contributed by atoms with Crippen LogP contribution in [-0.4, -0.2) is 27.5 Å². The zero-order chi connectivity index (χ0) is 20.1. The quantitative estimate of drug-likeness (QED) is 0.792. The number of carbonyl (C=O) groups is 2. The third-order valence-electron chi connectivity index (χ3n) is 5.01. The van der Waals surface area contributed by atoms with Crippen LogP contribution < -0.4 is 11.1 Å². The molecule has 2 heterocycles. The van der Waals surface area contributed by atoms with Crippen LogP contribution in [-0.2, 0) is 6.42 Å². The first-order valence-electron chi connectivity index (χ1n) is 9.50. The molecule has 0 radical (unpaired) electrons. The zero-order valence-electron chi connectivity index (χ0n) is 16.2. The molecule has 0 atom stereocenters. The molecule has 0 saturated heterocycles. The predicted octanol–water partition coefficient (Wildman–Crippen LogP) is 2.52. The normalized spacial score (nSPS) is 15.4. The van der Waals surface area contributed by atoms with E-state index in [-0.39, 0.29) is 5.91 Å². The molecule has 28 heavy (non-hydrogen) atoms. The maximum absolute atomic E-state index is 13.0. The summed E-state index contributed by atoms with van der Waals surface area (Å²) in [4.78, 5) is 28.4. The lowest BCUT2D eigenvalue weighted by molar-refractivity contribution is 0.0900. The van der Waals surface area contributed by atoms with Crippen LogP contribution >= 0.6 is 0 Å². The molecular formula is C21H24N4O3. The molecule has 0 aromatic carbocycles. The van der Waals surface area contributed by atoms with Gasteiger partial charge in [-0.1, -0.05) is 43.2 Å². The highest BCUT2D eigenvalue weighted by Gasteiger charge is 2.34. The lowest BCUT2D eigenvalue weighted by Crippen LogP contribution is -2.49. The minimum atomic E-state index is -0.632. The molecule has 2 aromatic rings. The number of hydrogen-bond donors (Lipinski definition) is 2. The van der Waals surface area contributed by atoms with Crippen LogP contribution in [0.15, 0.2) is 23.0 Å². The largest absolute Gasteiger partial charge is 0.366 e. The fraction of sp³-hybridized carbons (Fsp3) is 0.429. The van der Waals surface area contributed by atoms with Gasteiger partial charge in [0, 0.05) is 24.4 Å². The Kier molecular flexibility index (Phi) is 5.78. The Balaban J connectivity index is 1.90. The van der Waals surface area contributed by atoms with E-state index >= 15 is 0 Å². The number of pyridine rings is 1. The van der Waals surface area contributed by atoms with Crippen LogP contribution in [0.3, 0.4) is 0 Å². The molecule has 7 heteroatoms. The van der Waals surface area contributed by atoms with Gasteiger partial charge in [-0.15, -0.1) is 0 Å². The summed E-state index contributed by atoms with van der Waals surface area (Å²) in [7, 11) is 0. The number of nitrogens with zero attached hydrogens (tertiary/aromatic N) is 2. The van der Waals surface area contributed by atoms with E-state index in [2.05, 4.69) is 27.3 Å². The predicted molar refractivity (Wildman–Crippen MR) is 104 cm³/mol.